The van der Waals surface area contributed by atoms with Crippen molar-refractivity contribution in [3.05, 3.63) is 34.9 Å². The molecule has 1 aliphatic rings. The van der Waals surface area contributed by atoms with E-state index in [0.29, 0.717) is 30.1 Å². The molecule has 0 radical (unpaired) electrons. The minimum atomic E-state index is -3.55. The molecule has 1 atom stereocenters. The summed E-state index contributed by atoms with van der Waals surface area (Å²) in [5.41, 5.74) is -0.0235. The van der Waals surface area contributed by atoms with Crippen molar-refractivity contribution in [1.29, 1.82) is 0 Å². The van der Waals surface area contributed by atoms with Gasteiger partial charge in [-0.1, -0.05) is 29.8 Å². The number of carbonyl (C=O) groups excluding carboxylic acids is 1. The molecular weight excluding hydrogens is 364 g/mol. The Balaban J connectivity index is 1.97. The molecule has 140 valence electrons. The molecule has 1 saturated heterocycles. The Morgan fingerprint density at radius 2 is 2.04 bits per heavy atom. The average molecular weight is 389 g/mol. The van der Waals surface area contributed by atoms with Crippen LogP contribution in [0.25, 0.3) is 0 Å². The molecule has 0 aromatic heterocycles. The number of rotatable bonds is 4. The van der Waals surface area contributed by atoms with Crippen LogP contribution in [-0.2, 0) is 20.5 Å². The van der Waals surface area contributed by atoms with Crippen LogP contribution in [0.2, 0.25) is 5.02 Å². The van der Waals surface area contributed by atoms with E-state index in [1.54, 1.807) is 49.9 Å². The number of piperidine rings is 1. The van der Waals surface area contributed by atoms with Gasteiger partial charge in [0.1, 0.15) is 5.60 Å². The highest BCUT2D eigenvalue weighted by Crippen LogP contribution is 2.19. The van der Waals surface area contributed by atoms with Gasteiger partial charge in [0.05, 0.1) is 5.75 Å². The van der Waals surface area contributed by atoms with Crippen LogP contribution in [0.4, 0.5) is 4.79 Å². The molecule has 0 aliphatic carbocycles. The zero-order valence-electron chi connectivity index (χ0n) is 14.8. The fraction of sp³-hybridized carbons (Fsp3) is 0.588. The van der Waals surface area contributed by atoms with Crippen LogP contribution in [0, 0.1) is 0 Å². The van der Waals surface area contributed by atoms with E-state index in [9.17, 15) is 13.2 Å². The summed E-state index contributed by atoms with van der Waals surface area (Å²) in [4.78, 5) is 13.7. The lowest BCUT2D eigenvalue weighted by molar-refractivity contribution is 0.0195. The van der Waals surface area contributed by atoms with E-state index in [2.05, 4.69) is 4.72 Å². The number of nitrogens with one attached hydrogen (secondary N) is 1. The first-order chi connectivity index (χ1) is 11.6. The van der Waals surface area contributed by atoms with Gasteiger partial charge in [0.25, 0.3) is 0 Å². The molecule has 6 nitrogen and oxygen atoms in total. The molecule has 1 N–H and O–H groups in total. The number of hydrogen-bond acceptors (Lipinski definition) is 4. The number of nitrogens with zero attached hydrogens (tertiary/aromatic N) is 1. The van der Waals surface area contributed by atoms with Gasteiger partial charge in [0.2, 0.25) is 10.0 Å². The summed E-state index contributed by atoms with van der Waals surface area (Å²) >= 11 is 6.04. The van der Waals surface area contributed by atoms with E-state index in [0.717, 1.165) is 6.42 Å². The fourth-order valence-electron chi connectivity index (χ4n) is 2.68. The SMILES string of the molecule is CC(C)(C)OC(=O)N1CCC[C@H](NS(=O)(=O)Cc2ccccc2Cl)C1. The molecule has 1 heterocycles. The Morgan fingerprint density at radius 3 is 2.68 bits per heavy atom. The minimum absolute atomic E-state index is 0.185. The molecular formula is C17H25ClN2O4S. The third-order valence-corrected chi connectivity index (χ3v) is 5.47. The first kappa shape index (κ1) is 20.0. The Kier molecular flexibility index (Phi) is 6.35. The first-order valence-corrected chi connectivity index (χ1v) is 10.3. The lowest BCUT2D eigenvalue weighted by atomic mass is 10.1. The maximum Gasteiger partial charge on any atom is 0.410 e. The summed E-state index contributed by atoms with van der Waals surface area (Å²) in [6.07, 6.45) is 0.988. The van der Waals surface area contributed by atoms with Gasteiger partial charge in [-0.2, -0.15) is 0 Å². The quantitative estimate of drug-likeness (QED) is 0.859. The highest BCUT2D eigenvalue weighted by atomic mass is 35.5. The highest BCUT2D eigenvalue weighted by molar-refractivity contribution is 7.88. The third kappa shape index (κ3) is 6.49. The maximum atomic E-state index is 12.4. The number of ether oxygens (including phenoxy) is 1. The molecule has 8 heteroatoms. The second-order valence-electron chi connectivity index (χ2n) is 7.23. The zero-order valence-corrected chi connectivity index (χ0v) is 16.4. The number of likely N-dealkylation sites (tertiary alicyclic amines) is 1. The molecule has 1 aromatic carbocycles. The van der Waals surface area contributed by atoms with Crippen molar-refractivity contribution >= 4 is 27.7 Å². The van der Waals surface area contributed by atoms with E-state index in [4.69, 9.17) is 16.3 Å². The minimum Gasteiger partial charge on any atom is -0.444 e. The van der Waals surface area contributed by atoms with E-state index >= 15 is 0 Å². The number of amides is 1. The number of benzene rings is 1. The van der Waals surface area contributed by atoms with Gasteiger partial charge in [-0.25, -0.2) is 17.9 Å². The van der Waals surface area contributed by atoms with Gasteiger partial charge in [0, 0.05) is 24.2 Å². The Hall–Kier alpha value is -1.31. The van der Waals surface area contributed by atoms with Gasteiger partial charge in [-0.15, -0.1) is 0 Å². The summed E-state index contributed by atoms with van der Waals surface area (Å²) in [6, 6.07) is 6.54. The zero-order chi connectivity index (χ0) is 18.7. The lowest BCUT2D eigenvalue weighted by Crippen LogP contribution is -2.50. The second-order valence-corrected chi connectivity index (χ2v) is 9.39. The first-order valence-electron chi connectivity index (χ1n) is 8.27. The number of sulfonamides is 1. The smallest absolute Gasteiger partial charge is 0.410 e. The second kappa shape index (κ2) is 7.93. The van der Waals surface area contributed by atoms with Crippen LogP contribution in [0.1, 0.15) is 39.2 Å². The predicted octanol–water partition coefficient (Wildman–Crippen LogP) is 3.16. The molecule has 1 aromatic rings. The van der Waals surface area contributed by atoms with Crippen LogP contribution < -0.4 is 4.72 Å². The molecule has 0 unspecified atom stereocenters. The van der Waals surface area contributed by atoms with Gasteiger partial charge >= 0.3 is 6.09 Å². The number of halogens is 1. The van der Waals surface area contributed by atoms with Crippen LogP contribution in [0.15, 0.2) is 24.3 Å². The maximum absolute atomic E-state index is 12.4. The summed E-state index contributed by atoms with van der Waals surface area (Å²) in [7, 11) is -3.55. The van der Waals surface area contributed by atoms with Crippen molar-refractivity contribution in [3.63, 3.8) is 0 Å². The van der Waals surface area contributed by atoms with Gasteiger partial charge < -0.3 is 9.64 Å². The molecule has 1 fully saturated rings. The van der Waals surface area contributed by atoms with Crippen molar-refractivity contribution < 1.29 is 17.9 Å². The standard InChI is InChI=1S/C17H25ClN2O4S/c1-17(2,3)24-16(21)20-10-6-8-14(11-20)19-25(22,23)12-13-7-4-5-9-15(13)18/h4-5,7,9,14,19H,6,8,10-12H2,1-3H3/t14-/m0/s1. The van der Waals surface area contributed by atoms with E-state index in [-0.39, 0.29) is 11.8 Å². The monoisotopic (exact) mass is 388 g/mol. The van der Waals surface area contributed by atoms with E-state index < -0.39 is 21.7 Å². The van der Waals surface area contributed by atoms with Crippen molar-refractivity contribution in [1.82, 2.24) is 9.62 Å². The Morgan fingerprint density at radius 1 is 1.36 bits per heavy atom. The van der Waals surface area contributed by atoms with Gasteiger partial charge in [-0.3, -0.25) is 0 Å². The molecule has 0 bridgehead atoms. The van der Waals surface area contributed by atoms with Crippen LogP contribution >= 0.6 is 11.6 Å². The normalized spacial score (nSPS) is 18.9. The van der Waals surface area contributed by atoms with Crippen molar-refractivity contribution in [2.75, 3.05) is 13.1 Å². The fourth-order valence-corrected chi connectivity index (χ4v) is 4.41. The topological polar surface area (TPSA) is 75.7 Å². The molecule has 0 saturated carbocycles. The van der Waals surface area contributed by atoms with Crippen LogP contribution in [0.3, 0.4) is 0 Å². The Bertz CT molecular complexity index is 716. The van der Waals surface area contributed by atoms with Gasteiger partial charge in [0.15, 0.2) is 0 Å². The van der Waals surface area contributed by atoms with Crippen molar-refractivity contribution in [2.45, 2.75) is 51.0 Å². The highest BCUT2D eigenvalue weighted by Gasteiger charge is 2.29. The van der Waals surface area contributed by atoms with Crippen molar-refractivity contribution in [3.8, 4) is 0 Å². The largest absolute Gasteiger partial charge is 0.444 e. The summed E-state index contributed by atoms with van der Waals surface area (Å²) in [5, 5.41) is 0.423. The van der Waals surface area contributed by atoms with Crippen molar-refractivity contribution in [2.24, 2.45) is 0 Å². The molecule has 2 rings (SSSR count). The number of hydrogen-bond donors (Lipinski definition) is 1. The molecule has 1 amide bonds. The average Bonchev–Trinajstić information content (AvgIpc) is 2.47. The summed E-state index contributed by atoms with van der Waals surface area (Å²) in [5.74, 6) is -0.185. The summed E-state index contributed by atoms with van der Waals surface area (Å²) in [6.45, 7) is 6.28. The molecule has 25 heavy (non-hydrogen) atoms. The molecule has 0 spiro atoms. The predicted molar refractivity (Wildman–Crippen MR) is 98.0 cm³/mol. The number of carbonyl (C=O) groups is 1. The van der Waals surface area contributed by atoms with E-state index in [1.807, 2.05) is 0 Å². The molecule has 1 aliphatic heterocycles. The third-order valence-electron chi connectivity index (χ3n) is 3.72. The van der Waals surface area contributed by atoms with E-state index in [1.165, 1.54) is 0 Å². The lowest BCUT2D eigenvalue weighted by Gasteiger charge is -2.34. The summed E-state index contributed by atoms with van der Waals surface area (Å²) < 4.78 is 32.9. The van der Waals surface area contributed by atoms with Crippen LogP contribution in [0.5, 0.6) is 0 Å². The van der Waals surface area contributed by atoms with Gasteiger partial charge in [-0.05, 0) is 45.2 Å². The Labute approximate surface area is 154 Å². The van der Waals surface area contributed by atoms with Crippen LogP contribution in [-0.4, -0.2) is 44.1 Å².